The average molecular weight is 358 g/mol. The van der Waals surface area contributed by atoms with Crippen LogP contribution in [-0.2, 0) is 4.74 Å². The van der Waals surface area contributed by atoms with Gasteiger partial charge in [0.05, 0.1) is 6.10 Å². The van der Waals surface area contributed by atoms with Gasteiger partial charge in [0.1, 0.15) is 5.75 Å². The first-order chi connectivity index (χ1) is 12.7. The molecule has 3 saturated heterocycles. The quantitative estimate of drug-likeness (QED) is 0.902. The molecule has 3 aliphatic rings. The van der Waals surface area contributed by atoms with E-state index in [1.54, 1.807) is 24.3 Å². The molecule has 0 aromatic heterocycles. The van der Waals surface area contributed by atoms with Crippen LogP contribution in [-0.4, -0.2) is 65.2 Å². The Bertz CT molecular complexity index is 627. The van der Waals surface area contributed by atoms with Gasteiger partial charge in [0, 0.05) is 37.3 Å². The molecular weight excluding hydrogens is 328 g/mol. The number of benzene rings is 1. The van der Waals surface area contributed by atoms with Crippen molar-refractivity contribution < 1.29 is 14.6 Å². The SMILES string of the molecule is O=C(c1ccc(O)cc1)N1CCC[C@@]2(CCCN2C[C@@H]2CCCO2)CC1. The molecule has 3 heterocycles. The van der Waals surface area contributed by atoms with E-state index in [-0.39, 0.29) is 17.2 Å². The molecule has 0 saturated carbocycles. The predicted molar refractivity (Wildman–Crippen MR) is 100 cm³/mol. The van der Waals surface area contributed by atoms with Gasteiger partial charge in [-0.3, -0.25) is 9.69 Å². The van der Waals surface area contributed by atoms with Crippen molar-refractivity contribution in [1.29, 1.82) is 0 Å². The highest BCUT2D eigenvalue weighted by atomic mass is 16.5. The van der Waals surface area contributed by atoms with Crippen LogP contribution >= 0.6 is 0 Å². The summed E-state index contributed by atoms with van der Waals surface area (Å²) in [6, 6.07) is 6.62. The molecule has 1 N–H and O–H groups in total. The van der Waals surface area contributed by atoms with Gasteiger partial charge in [-0.15, -0.1) is 0 Å². The third-order valence-corrected chi connectivity index (χ3v) is 6.51. The zero-order valence-electron chi connectivity index (χ0n) is 15.5. The largest absolute Gasteiger partial charge is 0.508 e. The molecule has 0 bridgehead atoms. The van der Waals surface area contributed by atoms with Gasteiger partial charge in [0.15, 0.2) is 0 Å². The fourth-order valence-corrected chi connectivity index (χ4v) is 5.05. The standard InChI is InChI=1S/C21H30N2O3/c24-18-7-5-17(6-8-18)20(25)22-12-2-9-21(11-14-22)10-3-13-23(21)16-19-4-1-15-26-19/h5-8,19,24H,1-4,9-16H2/t19-,21+/m0/s1. The van der Waals surface area contributed by atoms with Crippen molar-refractivity contribution in [3.8, 4) is 5.75 Å². The Balaban J connectivity index is 1.41. The zero-order chi connectivity index (χ0) is 18.0. The topological polar surface area (TPSA) is 53.0 Å². The number of ether oxygens (including phenoxy) is 1. The summed E-state index contributed by atoms with van der Waals surface area (Å²) in [6.07, 6.45) is 8.61. The van der Waals surface area contributed by atoms with Crippen LogP contribution in [0.2, 0.25) is 0 Å². The molecule has 1 aromatic rings. The van der Waals surface area contributed by atoms with Crippen LogP contribution in [0, 0.1) is 0 Å². The minimum absolute atomic E-state index is 0.0886. The highest BCUT2D eigenvalue weighted by Crippen LogP contribution is 2.39. The highest BCUT2D eigenvalue weighted by molar-refractivity contribution is 5.94. The molecule has 5 heteroatoms. The van der Waals surface area contributed by atoms with E-state index < -0.39 is 0 Å². The van der Waals surface area contributed by atoms with Crippen LogP contribution in [0.3, 0.4) is 0 Å². The second kappa shape index (κ2) is 7.57. The first kappa shape index (κ1) is 17.8. The number of aromatic hydroxyl groups is 1. The number of hydrogen-bond donors (Lipinski definition) is 1. The number of phenolic OH excluding ortho intramolecular Hbond substituents is 1. The van der Waals surface area contributed by atoms with Gasteiger partial charge < -0.3 is 14.7 Å². The van der Waals surface area contributed by atoms with E-state index in [0.29, 0.717) is 11.7 Å². The Kier molecular flexibility index (Phi) is 5.18. The Hall–Kier alpha value is -1.59. The molecule has 26 heavy (non-hydrogen) atoms. The number of carbonyl (C=O) groups excluding carboxylic acids is 1. The van der Waals surface area contributed by atoms with Crippen molar-refractivity contribution in [1.82, 2.24) is 9.80 Å². The van der Waals surface area contributed by atoms with Gasteiger partial charge in [0.25, 0.3) is 5.91 Å². The summed E-state index contributed by atoms with van der Waals surface area (Å²) in [7, 11) is 0. The molecule has 1 amide bonds. The van der Waals surface area contributed by atoms with Crippen LogP contribution in [0.4, 0.5) is 0 Å². The van der Waals surface area contributed by atoms with E-state index in [9.17, 15) is 9.90 Å². The van der Waals surface area contributed by atoms with Crippen LogP contribution < -0.4 is 0 Å². The molecule has 0 radical (unpaired) electrons. The zero-order valence-corrected chi connectivity index (χ0v) is 15.5. The van der Waals surface area contributed by atoms with E-state index in [1.807, 2.05) is 4.90 Å². The van der Waals surface area contributed by atoms with Crippen molar-refractivity contribution in [3.05, 3.63) is 29.8 Å². The molecule has 142 valence electrons. The molecule has 2 atom stereocenters. The molecule has 5 nitrogen and oxygen atoms in total. The lowest BCUT2D eigenvalue weighted by Gasteiger charge is -2.39. The molecule has 3 aliphatic heterocycles. The molecule has 0 unspecified atom stereocenters. The second-order valence-corrected chi connectivity index (χ2v) is 8.10. The lowest BCUT2D eigenvalue weighted by atomic mass is 9.87. The smallest absolute Gasteiger partial charge is 0.253 e. The summed E-state index contributed by atoms with van der Waals surface area (Å²) in [5.41, 5.74) is 0.928. The Labute approximate surface area is 155 Å². The van der Waals surface area contributed by atoms with Crippen LogP contribution in [0.25, 0.3) is 0 Å². The Morgan fingerprint density at radius 3 is 2.58 bits per heavy atom. The monoisotopic (exact) mass is 358 g/mol. The van der Waals surface area contributed by atoms with Crippen LogP contribution in [0.15, 0.2) is 24.3 Å². The second-order valence-electron chi connectivity index (χ2n) is 8.10. The normalized spacial score (nSPS) is 30.0. The van der Waals surface area contributed by atoms with Crippen molar-refractivity contribution in [2.75, 3.05) is 32.8 Å². The van der Waals surface area contributed by atoms with Gasteiger partial charge in [-0.2, -0.15) is 0 Å². The van der Waals surface area contributed by atoms with Gasteiger partial charge in [0.2, 0.25) is 0 Å². The first-order valence-corrected chi connectivity index (χ1v) is 10.1. The number of hydrogen-bond acceptors (Lipinski definition) is 4. The maximum Gasteiger partial charge on any atom is 0.253 e. The number of phenols is 1. The number of rotatable bonds is 3. The molecule has 3 fully saturated rings. The lowest BCUT2D eigenvalue weighted by molar-refractivity contribution is 0.0339. The van der Waals surface area contributed by atoms with E-state index in [4.69, 9.17) is 4.74 Å². The summed E-state index contributed by atoms with van der Waals surface area (Å²) in [5.74, 6) is 0.290. The maximum absolute atomic E-state index is 12.8. The summed E-state index contributed by atoms with van der Waals surface area (Å²) < 4.78 is 5.88. The number of likely N-dealkylation sites (tertiary alicyclic amines) is 2. The van der Waals surface area contributed by atoms with Crippen molar-refractivity contribution in [3.63, 3.8) is 0 Å². The van der Waals surface area contributed by atoms with Gasteiger partial charge in [-0.25, -0.2) is 0 Å². The minimum atomic E-state index is 0.0886. The summed E-state index contributed by atoms with van der Waals surface area (Å²) in [6.45, 7) is 4.80. The third kappa shape index (κ3) is 3.60. The molecule has 0 aliphatic carbocycles. The van der Waals surface area contributed by atoms with Crippen molar-refractivity contribution in [2.24, 2.45) is 0 Å². The predicted octanol–water partition coefficient (Wildman–Crippen LogP) is 3.03. The highest BCUT2D eigenvalue weighted by Gasteiger charge is 2.43. The summed E-state index contributed by atoms with van der Waals surface area (Å²) >= 11 is 0. The Morgan fingerprint density at radius 2 is 1.85 bits per heavy atom. The average Bonchev–Trinajstić information content (AvgIpc) is 3.23. The fourth-order valence-electron chi connectivity index (χ4n) is 5.05. The third-order valence-electron chi connectivity index (χ3n) is 6.51. The van der Waals surface area contributed by atoms with Crippen LogP contribution in [0.1, 0.15) is 55.3 Å². The molecule has 4 rings (SSSR count). The number of carbonyl (C=O) groups is 1. The number of nitrogens with zero attached hydrogens (tertiary/aromatic N) is 2. The van der Waals surface area contributed by atoms with Crippen LogP contribution in [0.5, 0.6) is 5.75 Å². The minimum Gasteiger partial charge on any atom is -0.508 e. The number of amides is 1. The fraction of sp³-hybridized carbons (Fsp3) is 0.667. The van der Waals surface area contributed by atoms with E-state index >= 15 is 0 Å². The molecular formula is C21H30N2O3. The maximum atomic E-state index is 12.8. The van der Waals surface area contributed by atoms with Gasteiger partial charge >= 0.3 is 0 Å². The van der Waals surface area contributed by atoms with E-state index in [2.05, 4.69) is 4.90 Å². The lowest BCUT2D eigenvalue weighted by Crippen LogP contribution is -2.47. The first-order valence-electron chi connectivity index (χ1n) is 10.1. The van der Waals surface area contributed by atoms with Gasteiger partial charge in [-0.1, -0.05) is 0 Å². The Morgan fingerprint density at radius 1 is 1.08 bits per heavy atom. The van der Waals surface area contributed by atoms with Crippen molar-refractivity contribution >= 4 is 5.91 Å². The van der Waals surface area contributed by atoms with E-state index in [1.165, 1.54) is 38.6 Å². The van der Waals surface area contributed by atoms with Crippen molar-refractivity contribution in [2.45, 2.75) is 56.6 Å². The van der Waals surface area contributed by atoms with Gasteiger partial charge in [-0.05, 0) is 75.8 Å². The molecule has 1 aromatic carbocycles. The molecule has 1 spiro atoms. The summed E-state index contributed by atoms with van der Waals surface area (Å²) in [4.78, 5) is 17.5. The summed E-state index contributed by atoms with van der Waals surface area (Å²) in [5, 5.41) is 9.44. The van der Waals surface area contributed by atoms with E-state index in [0.717, 1.165) is 39.1 Å².